The largest absolute Gasteiger partial charge is 0.396 e. The van der Waals surface area contributed by atoms with Gasteiger partial charge in [-0.2, -0.15) is 0 Å². The van der Waals surface area contributed by atoms with Crippen LogP contribution in [0, 0.1) is 0 Å². The molecule has 0 rings (SSSR count). The van der Waals surface area contributed by atoms with E-state index < -0.39 is 0 Å². The summed E-state index contributed by atoms with van der Waals surface area (Å²) >= 11 is 6.74. The van der Waals surface area contributed by atoms with Crippen LogP contribution < -0.4 is 0 Å². The predicted octanol–water partition coefficient (Wildman–Crippen LogP) is 4.65. The Kier molecular flexibility index (Phi) is 27.1. The molecule has 0 unspecified atom stereocenters. The van der Waals surface area contributed by atoms with Gasteiger partial charge < -0.3 is 10.2 Å². The Morgan fingerprint density at radius 2 is 0.722 bits per heavy atom. The molecule has 0 atom stereocenters. The van der Waals surface area contributed by atoms with Gasteiger partial charge in [-0.15, -0.1) is 0 Å². The summed E-state index contributed by atoms with van der Waals surface area (Å²) in [5.41, 5.74) is 0. The summed E-state index contributed by atoms with van der Waals surface area (Å²) in [5, 5.41) is 19.1. The van der Waals surface area contributed by atoms with Gasteiger partial charge >= 0.3 is 0 Å². The molecule has 2 N–H and O–H groups in total. The molecular formula is C14H30Br2O2. The fraction of sp³-hybridized carbons (Fsp3) is 1.00. The Bertz CT molecular complexity index is 98.4. The van der Waals surface area contributed by atoms with E-state index in [0.29, 0.717) is 13.2 Å². The maximum atomic E-state index is 8.41. The molecule has 0 aliphatic rings. The number of hydrogen-bond donors (Lipinski definition) is 2. The molecule has 2 nitrogen and oxygen atoms in total. The molecule has 0 aliphatic carbocycles. The van der Waals surface area contributed by atoms with Gasteiger partial charge in [0.2, 0.25) is 0 Å². The van der Waals surface area contributed by atoms with Crippen molar-refractivity contribution in [2.75, 3.05) is 23.9 Å². The van der Waals surface area contributed by atoms with Crippen molar-refractivity contribution in [2.24, 2.45) is 0 Å². The Balaban J connectivity index is 0. The van der Waals surface area contributed by atoms with Gasteiger partial charge in [-0.05, 0) is 25.7 Å². The van der Waals surface area contributed by atoms with Crippen LogP contribution in [-0.4, -0.2) is 34.1 Å². The molecule has 0 aliphatic heterocycles. The lowest BCUT2D eigenvalue weighted by molar-refractivity contribution is 0.282. The molecule has 112 valence electrons. The average molecular weight is 390 g/mol. The molecule has 0 fully saturated rings. The van der Waals surface area contributed by atoms with Crippen molar-refractivity contribution in [1.82, 2.24) is 0 Å². The quantitative estimate of drug-likeness (QED) is 0.376. The summed E-state index contributed by atoms with van der Waals surface area (Å²) in [6.07, 6.45) is 12.0. The zero-order chi connectivity index (χ0) is 13.9. The van der Waals surface area contributed by atoms with Crippen LogP contribution >= 0.6 is 31.9 Å². The van der Waals surface area contributed by atoms with Crippen molar-refractivity contribution < 1.29 is 10.2 Å². The lowest BCUT2D eigenvalue weighted by Crippen LogP contribution is -1.83. The van der Waals surface area contributed by atoms with Gasteiger partial charge in [0.1, 0.15) is 0 Å². The first-order valence-electron chi connectivity index (χ1n) is 7.17. The van der Waals surface area contributed by atoms with Crippen LogP contribution in [0.5, 0.6) is 0 Å². The highest BCUT2D eigenvalue weighted by Gasteiger charge is 1.87. The molecule has 0 saturated carbocycles. The van der Waals surface area contributed by atoms with E-state index in [-0.39, 0.29) is 0 Å². The fourth-order valence-corrected chi connectivity index (χ4v) is 2.27. The van der Waals surface area contributed by atoms with Crippen molar-refractivity contribution in [3.05, 3.63) is 0 Å². The number of aliphatic hydroxyl groups excluding tert-OH is 2. The van der Waals surface area contributed by atoms with Gasteiger partial charge in [0, 0.05) is 23.9 Å². The second-order valence-electron chi connectivity index (χ2n) is 4.36. The van der Waals surface area contributed by atoms with E-state index in [1.54, 1.807) is 0 Å². The Morgan fingerprint density at radius 1 is 0.444 bits per heavy atom. The molecule has 18 heavy (non-hydrogen) atoms. The van der Waals surface area contributed by atoms with E-state index in [1.165, 1.54) is 51.4 Å². The average Bonchev–Trinajstić information content (AvgIpc) is 2.39. The molecule has 0 bridgehead atoms. The summed E-state index contributed by atoms with van der Waals surface area (Å²) in [4.78, 5) is 0. The molecule has 0 amide bonds. The SMILES string of the molecule is OCCCCCCCBr.OCCCCCCCBr. The van der Waals surface area contributed by atoms with Crippen LogP contribution in [0.4, 0.5) is 0 Å². The molecule has 0 aromatic carbocycles. The van der Waals surface area contributed by atoms with E-state index in [0.717, 1.165) is 23.5 Å². The number of hydrogen-bond acceptors (Lipinski definition) is 2. The van der Waals surface area contributed by atoms with Crippen molar-refractivity contribution in [1.29, 1.82) is 0 Å². The summed E-state index contributed by atoms with van der Waals surface area (Å²) in [5.74, 6) is 0. The molecule has 0 aromatic heterocycles. The molecule has 4 heteroatoms. The van der Waals surface area contributed by atoms with E-state index in [1.807, 2.05) is 0 Å². The molecule has 0 saturated heterocycles. The minimum Gasteiger partial charge on any atom is -0.396 e. The molecular weight excluding hydrogens is 360 g/mol. The van der Waals surface area contributed by atoms with Crippen LogP contribution in [-0.2, 0) is 0 Å². The summed E-state index contributed by atoms with van der Waals surface area (Å²) < 4.78 is 0. The van der Waals surface area contributed by atoms with Gasteiger partial charge in [-0.25, -0.2) is 0 Å². The topological polar surface area (TPSA) is 40.5 Å². The Morgan fingerprint density at radius 3 is 1.00 bits per heavy atom. The second-order valence-corrected chi connectivity index (χ2v) is 5.95. The summed E-state index contributed by atoms with van der Waals surface area (Å²) in [6.45, 7) is 0.711. The van der Waals surface area contributed by atoms with E-state index >= 15 is 0 Å². The normalized spacial score (nSPS) is 10.0. The van der Waals surface area contributed by atoms with Gasteiger partial charge in [0.25, 0.3) is 0 Å². The van der Waals surface area contributed by atoms with Gasteiger partial charge in [-0.1, -0.05) is 70.4 Å². The molecule has 0 radical (unpaired) electrons. The monoisotopic (exact) mass is 388 g/mol. The van der Waals surface area contributed by atoms with Crippen LogP contribution in [0.3, 0.4) is 0 Å². The number of alkyl halides is 2. The van der Waals surface area contributed by atoms with Crippen LogP contribution in [0.25, 0.3) is 0 Å². The Hall–Kier alpha value is 0.880. The van der Waals surface area contributed by atoms with E-state index in [4.69, 9.17) is 10.2 Å². The lowest BCUT2D eigenvalue weighted by Gasteiger charge is -1.95. The van der Waals surface area contributed by atoms with Crippen molar-refractivity contribution in [3.63, 3.8) is 0 Å². The van der Waals surface area contributed by atoms with Gasteiger partial charge in [0.05, 0.1) is 0 Å². The van der Waals surface area contributed by atoms with Crippen molar-refractivity contribution >= 4 is 31.9 Å². The minimum atomic E-state index is 0.355. The smallest absolute Gasteiger partial charge is 0.0431 e. The molecule has 0 aromatic rings. The first-order chi connectivity index (χ1) is 8.83. The van der Waals surface area contributed by atoms with E-state index in [2.05, 4.69) is 31.9 Å². The zero-order valence-corrected chi connectivity index (χ0v) is 14.7. The third kappa shape index (κ3) is 25.7. The summed E-state index contributed by atoms with van der Waals surface area (Å²) in [7, 11) is 0. The van der Waals surface area contributed by atoms with Gasteiger partial charge in [0.15, 0.2) is 0 Å². The highest BCUT2D eigenvalue weighted by atomic mass is 79.9. The molecule has 0 heterocycles. The number of unbranched alkanes of at least 4 members (excludes halogenated alkanes) is 8. The standard InChI is InChI=1S/2C7H15BrO/c2*8-6-4-2-1-3-5-7-9/h2*9H,1-7H2. The lowest BCUT2D eigenvalue weighted by atomic mass is 10.2. The number of aliphatic hydroxyl groups is 2. The molecule has 0 spiro atoms. The predicted molar refractivity (Wildman–Crippen MR) is 87.9 cm³/mol. The first kappa shape index (κ1) is 21.2. The maximum absolute atomic E-state index is 8.41. The highest BCUT2D eigenvalue weighted by molar-refractivity contribution is 9.09. The third-order valence-electron chi connectivity index (χ3n) is 2.58. The van der Waals surface area contributed by atoms with Gasteiger partial charge in [-0.3, -0.25) is 0 Å². The Labute approximate surface area is 130 Å². The van der Waals surface area contributed by atoms with E-state index in [9.17, 15) is 0 Å². The summed E-state index contributed by atoms with van der Waals surface area (Å²) in [6, 6.07) is 0. The maximum Gasteiger partial charge on any atom is 0.0431 e. The highest BCUT2D eigenvalue weighted by Crippen LogP contribution is 2.04. The number of halogens is 2. The first-order valence-corrected chi connectivity index (χ1v) is 9.41. The third-order valence-corrected chi connectivity index (χ3v) is 3.70. The van der Waals surface area contributed by atoms with Crippen LogP contribution in [0.2, 0.25) is 0 Å². The minimum absolute atomic E-state index is 0.355. The van der Waals surface area contributed by atoms with Crippen molar-refractivity contribution in [3.8, 4) is 0 Å². The number of rotatable bonds is 12. The van der Waals surface area contributed by atoms with Crippen LogP contribution in [0.15, 0.2) is 0 Å². The van der Waals surface area contributed by atoms with Crippen molar-refractivity contribution in [2.45, 2.75) is 64.2 Å². The van der Waals surface area contributed by atoms with Crippen LogP contribution in [0.1, 0.15) is 64.2 Å². The fourth-order valence-electron chi connectivity index (χ4n) is 1.47. The second kappa shape index (κ2) is 23.0. The zero-order valence-electron chi connectivity index (χ0n) is 11.5.